The topological polar surface area (TPSA) is 97.0 Å². The molecule has 1 aliphatic rings. The molecule has 1 amide bonds. The predicted octanol–water partition coefficient (Wildman–Crippen LogP) is 4.35. The Bertz CT molecular complexity index is 1040. The van der Waals surface area contributed by atoms with Crippen molar-refractivity contribution in [2.24, 2.45) is 0 Å². The zero-order valence-electron chi connectivity index (χ0n) is 18.0. The van der Waals surface area contributed by atoms with Crippen molar-refractivity contribution >= 4 is 17.7 Å². The van der Waals surface area contributed by atoms with Crippen molar-refractivity contribution in [2.75, 3.05) is 6.54 Å². The van der Waals surface area contributed by atoms with Crippen LogP contribution >= 0.6 is 11.6 Å². The van der Waals surface area contributed by atoms with Gasteiger partial charge >= 0.3 is 6.09 Å². The molecule has 164 valence electrons. The molecule has 0 bridgehead atoms. The van der Waals surface area contributed by atoms with Crippen LogP contribution in [0.4, 0.5) is 4.79 Å². The minimum absolute atomic E-state index is 0.102. The first-order valence-corrected chi connectivity index (χ1v) is 10.7. The quantitative estimate of drug-likeness (QED) is 0.759. The average Bonchev–Trinajstić information content (AvgIpc) is 2.72. The van der Waals surface area contributed by atoms with Gasteiger partial charge in [0.2, 0.25) is 0 Å². The third kappa shape index (κ3) is 5.65. The molecule has 0 atom stereocenters. The third-order valence-corrected chi connectivity index (χ3v) is 5.84. The van der Waals surface area contributed by atoms with E-state index in [0.717, 1.165) is 18.4 Å². The fourth-order valence-corrected chi connectivity index (χ4v) is 4.28. The molecule has 31 heavy (non-hydrogen) atoms. The second-order valence-electron chi connectivity index (χ2n) is 8.99. The molecule has 0 unspecified atom stereocenters. The number of carbonyl (C=O) groups is 1. The summed E-state index contributed by atoms with van der Waals surface area (Å²) in [5.41, 5.74) is 0.128. The molecule has 0 saturated heterocycles. The van der Waals surface area contributed by atoms with E-state index in [1.807, 2.05) is 51.1 Å². The molecule has 1 aromatic carbocycles. The van der Waals surface area contributed by atoms with E-state index in [1.165, 1.54) is 16.8 Å². The van der Waals surface area contributed by atoms with Crippen LogP contribution in [0.3, 0.4) is 0 Å². The predicted molar refractivity (Wildman–Crippen MR) is 118 cm³/mol. The molecular formula is C23H27ClN4O3. The van der Waals surface area contributed by atoms with Crippen molar-refractivity contribution in [2.45, 2.75) is 63.5 Å². The van der Waals surface area contributed by atoms with E-state index in [9.17, 15) is 9.59 Å². The molecule has 1 saturated carbocycles. The van der Waals surface area contributed by atoms with Crippen LogP contribution in [-0.4, -0.2) is 28.0 Å². The molecule has 7 nitrogen and oxygen atoms in total. The number of carbonyl (C=O) groups excluding carboxylic acids is 1. The summed E-state index contributed by atoms with van der Waals surface area (Å²) in [7, 11) is 0. The number of hydrogen-bond donors (Lipinski definition) is 1. The van der Waals surface area contributed by atoms with E-state index in [1.54, 1.807) is 0 Å². The smallest absolute Gasteiger partial charge is 0.407 e. The molecule has 0 aliphatic heterocycles. The Kier molecular flexibility index (Phi) is 6.71. The molecule has 1 aliphatic carbocycles. The number of halogens is 1. The lowest BCUT2D eigenvalue weighted by molar-refractivity contribution is 0.0504. The lowest BCUT2D eigenvalue weighted by Crippen LogP contribution is -2.45. The van der Waals surface area contributed by atoms with E-state index >= 15 is 0 Å². The summed E-state index contributed by atoms with van der Waals surface area (Å²) in [6, 6.07) is 12.4. The van der Waals surface area contributed by atoms with E-state index in [0.29, 0.717) is 24.4 Å². The van der Waals surface area contributed by atoms with Crippen molar-refractivity contribution in [1.82, 2.24) is 15.1 Å². The summed E-state index contributed by atoms with van der Waals surface area (Å²) < 4.78 is 6.82. The van der Waals surface area contributed by atoms with Crippen LogP contribution in [0.15, 0.2) is 41.2 Å². The molecule has 8 heteroatoms. The highest BCUT2D eigenvalue weighted by atomic mass is 35.5. The van der Waals surface area contributed by atoms with Crippen LogP contribution in [0, 0.1) is 11.3 Å². The van der Waals surface area contributed by atoms with Crippen molar-refractivity contribution in [3.05, 3.63) is 63.0 Å². The molecule has 1 heterocycles. The number of hydrogen-bond acceptors (Lipinski definition) is 5. The Morgan fingerprint density at radius 2 is 2.03 bits per heavy atom. The minimum atomic E-state index is -0.580. The maximum Gasteiger partial charge on any atom is 0.407 e. The number of rotatable bonds is 4. The van der Waals surface area contributed by atoms with Crippen LogP contribution in [-0.2, 0) is 10.2 Å². The molecule has 1 fully saturated rings. The Balaban J connectivity index is 1.82. The van der Waals surface area contributed by atoms with Crippen molar-refractivity contribution in [1.29, 1.82) is 5.26 Å². The van der Waals surface area contributed by atoms with Gasteiger partial charge in [-0.3, -0.25) is 4.79 Å². The third-order valence-electron chi connectivity index (χ3n) is 5.60. The highest BCUT2D eigenvalue weighted by molar-refractivity contribution is 6.30. The minimum Gasteiger partial charge on any atom is -0.444 e. The van der Waals surface area contributed by atoms with Crippen molar-refractivity contribution in [3.63, 3.8) is 0 Å². The first-order valence-electron chi connectivity index (χ1n) is 10.3. The number of aromatic nitrogens is 2. The van der Waals surface area contributed by atoms with Crippen LogP contribution in [0.1, 0.15) is 63.8 Å². The molecule has 2 aromatic rings. The lowest BCUT2D eigenvalue weighted by Gasteiger charge is -2.41. The average molecular weight is 443 g/mol. The van der Waals surface area contributed by atoms with Crippen LogP contribution in [0.25, 0.3) is 0 Å². The highest BCUT2D eigenvalue weighted by Crippen LogP contribution is 2.43. The van der Waals surface area contributed by atoms with E-state index in [4.69, 9.17) is 21.6 Å². The van der Waals surface area contributed by atoms with Gasteiger partial charge in [-0.25, -0.2) is 9.48 Å². The van der Waals surface area contributed by atoms with Crippen LogP contribution in [0.2, 0.25) is 5.02 Å². The van der Waals surface area contributed by atoms with Gasteiger partial charge in [-0.1, -0.05) is 23.7 Å². The Morgan fingerprint density at radius 1 is 1.32 bits per heavy atom. The van der Waals surface area contributed by atoms with Crippen molar-refractivity contribution < 1.29 is 9.53 Å². The number of benzene rings is 1. The molecule has 0 radical (unpaired) electrons. The molecule has 0 spiro atoms. The fourth-order valence-electron chi connectivity index (χ4n) is 4.09. The normalized spacial score (nSPS) is 21.2. The van der Waals surface area contributed by atoms with E-state index < -0.39 is 11.7 Å². The Labute approximate surface area is 187 Å². The fraction of sp³-hybridized carbons (Fsp3) is 0.478. The van der Waals surface area contributed by atoms with E-state index in [-0.39, 0.29) is 22.7 Å². The molecule has 1 N–H and O–H groups in total. The van der Waals surface area contributed by atoms with Gasteiger partial charge in [0.15, 0.2) is 5.69 Å². The Morgan fingerprint density at radius 3 is 2.65 bits per heavy atom. The molecule has 3 rings (SSSR count). The number of alkyl carbamates (subject to hydrolysis) is 1. The maximum atomic E-state index is 12.3. The number of amides is 1. The second-order valence-corrected chi connectivity index (χ2v) is 9.43. The van der Waals surface area contributed by atoms with Gasteiger partial charge in [-0.05, 0) is 70.2 Å². The summed E-state index contributed by atoms with van der Waals surface area (Å²) in [6.45, 7) is 5.87. The van der Waals surface area contributed by atoms with Gasteiger partial charge in [0.1, 0.15) is 11.7 Å². The van der Waals surface area contributed by atoms with Gasteiger partial charge in [0, 0.05) is 23.0 Å². The number of nitrogens with one attached hydrogen (secondary N) is 1. The largest absolute Gasteiger partial charge is 0.444 e. The van der Waals surface area contributed by atoms with Gasteiger partial charge in [-0.2, -0.15) is 10.4 Å². The number of ether oxygens (including phenoxy) is 1. The zero-order chi connectivity index (χ0) is 22.6. The monoisotopic (exact) mass is 442 g/mol. The molecule has 1 aromatic heterocycles. The summed E-state index contributed by atoms with van der Waals surface area (Å²) >= 11 is 6.26. The SMILES string of the molecule is CC(C)(C)OC(=O)NCC1(c2cccc(Cl)c2)CCC(n2nc(C#N)ccc2=O)CC1. The summed E-state index contributed by atoms with van der Waals surface area (Å²) in [4.78, 5) is 24.6. The van der Waals surface area contributed by atoms with E-state index in [2.05, 4.69) is 10.4 Å². The summed E-state index contributed by atoms with van der Waals surface area (Å²) in [5, 5.41) is 16.9. The Hall–Kier alpha value is -2.85. The van der Waals surface area contributed by atoms with Crippen LogP contribution < -0.4 is 10.9 Å². The highest BCUT2D eigenvalue weighted by Gasteiger charge is 2.38. The first-order chi connectivity index (χ1) is 14.6. The number of nitriles is 1. The first kappa shape index (κ1) is 22.8. The summed E-state index contributed by atoms with van der Waals surface area (Å²) in [6.07, 6.45) is 2.35. The van der Waals surface area contributed by atoms with Gasteiger partial charge in [-0.15, -0.1) is 0 Å². The molecular weight excluding hydrogens is 416 g/mol. The standard InChI is InChI=1S/C23H27ClN4O3/c1-22(2,3)31-21(30)26-15-23(16-5-4-6-17(24)13-16)11-9-19(10-12-23)28-20(29)8-7-18(14-25)27-28/h4-8,13,19H,9-12,15H2,1-3H3,(H,26,30). The van der Waals surface area contributed by atoms with Gasteiger partial charge in [0.05, 0.1) is 6.04 Å². The summed E-state index contributed by atoms with van der Waals surface area (Å²) in [5.74, 6) is 0. The van der Waals surface area contributed by atoms with Crippen LogP contribution in [0.5, 0.6) is 0 Å². The van der Waals surface area contributed by atoms with Gasteiger partial charge < -0.3 is 10.1 Å². The van der Waals surface area contributed by atoms with Crippen molar-refractivity contribution in [3.8, 4) is 6.07 Å². The second kappa shape index (κ2) is 9.11. The maximum absolute atomic E-state index is 12.3. The zero-order valence-corrected chi connectivity index (χ0v) is 18.8. The number of nitrogens with zero attached hydrogens (tertiary/aromatic N) is 3. The lowest BCUT2D eigenvalue weighted by atomic mass is 9.68. The van der Waals surface area contributed by atoms with Gasteiger partial charge in [0.25, 0.3) is 5.56 Å².